The third kappa shape index (κ3) is 4.99. The van der Waals surface area contributed by atoms with Crippen LogP contribution in [0.2, 0.25) is 0 Å². The molecule has 1 saturated heterocycles. The number of hydrogen-bond acceptors (Lipinski definition) is 4. The molecule has 4 rings (SSSR count). The van der Waals surface area contributed by atoms with E-state index in [9.17, 15) is 18.8 Å². The molecule has 4 N–H and O–H groups in total. The molecule has 0 spiro atoms. The number of fused-ring (bicyclic) bond motifs is 1. The first-order chi connectivity index (χ1) is 16.2. The summed E-state index contributed by atoms with van der Waals surface area (Å²) >= 11 is 0. The van der Waals surface area contributed by atoms with Crippen molar-refractivity contribution in [1.29, 1.82) is 0 Å². The standard InChI is InChI=1S/C25H32FN5O3/c1-14-21(12-19-18-11-16(26)6-7-20(18)30-24(19)33)29-15(2)23(14)25(34)28-13-22(32)27-9-8-17-5-4-10-31(17)3/h6-7,11,17,19,29H,4-5,8-10,12-13H2,1-3H3,(H,27,32)(H,28,34)(H,30,33). The van der Waals surface area contributed by atoms with Crippen molar-refractivity contribution in [2.45, 2.75) is 51.5 Å². The van der Waals surface area contributed by atoms with Crippen molar-refractivity contribution in [3.05, 3.63) is 52.1 Å². The molecule has 3 heterocycles. The summed E-state index contributed by atoms with van der Waals surface area (Å²) in [4.78, 5) is 43.0. The zero-order chi connectivity index (χ0) is 24.4. The van der Waals surface area contributed by atoms with E-state index in [0.29, 0.717) is 41.5 Å². The summed E-state index contributed by atoms with van der Waals surface area (Å²) < 4.78 is 13.7. The molecule has 2 aliphatic heterocycles. The lowest BCUT2D eigenvalue weighted by Gasteiger charge is -2.19. The molecule has 2 atom stereocenters. The molecule has 2 unspecified atom stereocenters. The number of carbonyl (C=O) groups excluding carboxylic acids is 3. The molecule has 8 nitrogen and oxygen atoms in total. The van der Waals surface area contributed by atoms with Crippen LogP contribution in [0, 0.1) is 19.7 Å². The second kappa shape index (κ2) is 9.97. The van der Waals surface area contributed by atoms with E-state index in [1.807, 2.05) is 6.92 Å². The van der Waals surface area contributed by atoms with Gasteiger partial charge < -0.3 is 25.8 Å². The van der Waals surface area contributed by atoms with Crippen LogP contribution in [-0.2, 0) is 16.0 Å². The van der Waals surface area contributed by atoms with Crippen molar-refractivity contribution < 1.29 is 18.8 Å². The van der Waals surface area contributed by atoms with Crippen LogP contribution >= 0.6 is 0 Å². The molecular formula is C25H32FN5O3. The minimum absolute atomic E-state index is 0.101. The Morgan fingerprint density at radius 2 is 2.03 bits per heavy atom. The number of carbonyl (C=O) groups is 3. The SMILES string of the molecule is Cc1[nH]c(CC2C(=O)Nc3ccc(F)cc32)c(C)c1C(=O)NCC(=O)NCCC1CCCN1C. The third-order valence-corrected chi connectivity index (χ3v) is 7.02. The van der Waals surface area contributed by atoms with Crippen LogP contribution in [0.4, 0.5) is 10.1 Å². The first-order valence-electron chi connectivity index (χ1n) is 11.8. The van der Waals surface area contributed by atoms with Gasteiger partial charge in [-0.3, -0.25) is 14.4 Å². The number of anilines is 1. The zero-order valence-electron chi connectivity index (χ0n) is 19.9. The third-order valence-electron chi connectivity index (χ3n) is 7.02. The number of H-pyrrole nitrogens is 1. The Hall–Kier alpha value is -3.20. The first-order valence-corrected chi connectivity index (χ1v) is 11.8. The molecule has 182 valence electrons. The maximum Gasteiger partial charge on any atom is 0.253 e. The molecule has 34 heavy (non-hydrogen) atoms. The summed E-state index contributed by atoms with van der Waals surface area (Å²) in [6, 6.07) is 4.76. The van der Waals surface area contributed by atoms with E-state index in [2.05, 4.69) is 32.9 Å². The van der Waals surface area contributed by atoms with Crippen molar-refractivity contribution in [2.24, 2.45) is 0 Å². The van der Waals surface area contributed by atoms with E-state index in [-0.39, 0.29) is 24.3 Å². The molecule has 3 amide bonds. The van der Waals surface area contributed by atoms with Crippen molar-refractivity contribution in [3.8, 4) is 0 Å². The van der Waals surface area contributed by atoms with Gasteiger partial charge in [-0.2, -0.15) is 0 Å². The van der Waals surface area contributed by atoms with Crippen LogP contribution in [0.15, 0.2) is 18.2 Å². The van der Waals surface area contributed by atoms with Crippen molar-refractivity contribution in [3.63, 3.8) is 0 Å². The average molecular weight is 470 g/mol. The van der Waals surface area contributed by atoms with E-state index >= 15 is 0 Å². The van der Waals surface area contributed by atoms with Crippen LogP contribution in [0.25, 0.3) is 0 Å². The molecule has 9 heteroatoms. The second-order valence-corrected chi connectivity index (χ2v) is 9.30. The molecule has 0 aliphatic carbocycles. The lowest BCUT2D eigenvalue weighted by atomic mass is 9.94. The van der Waals surface area contributed by atoms with Crippen molar-refractivity contribution >= 4 is 23.4 Å². The van der Waals surface area contributed by atoms with Crippen molar-refractivity contribution in [1.82, 2.24) is 20.5 Å². The normalized spacial score (nSPS) is 19.7. The highest BCUT2D eigenvalue weighted by molar-refractivity contribution is 6.03. The van der Waals surface area contributed by atoms with Crippen LogP contribution in [-0.4, -0.2) is 60.3 Å². The van der Waals surface area contributed by atoms with Gasteiger partial charge in [-0.25, -0.2) is 4.39 Å². The number of halogens is 1. The fraction of sp³-hybridized carbons (Fsp3) is 0.480. The molecule has 1 aromatic carbocycles. The van der Waals surface area contributed by atoms with E-state index in [1.165, 1.54) is 18.6 Å². The van der Waals surface area contributed by atoms with Gasteiger partial charge in [-0.05, 0) is 76.0 Å². The summed E-state index contributed by atoms with van der Waals surface area (Å²) in [5, 5.41) is 8.35. The number of likely N-dealkylation sites (tertiary alicyclic amines) is 1. The predicted octanol–water partition coefficient (Wildman–Crippen LogP) is 2.38. The Balaban J connectivity index is 1.34. The van der Waals surface area contributed by atoms with Gasteiger partial charge in [0.15, 0.2) is 0 Å². The minimum Gasteiger partial charge on any atom is -0.362 e. The molecule has 1 fully saturated rings. The lowest BCUT2D eigenvalue weighted by molar-refractivity contribution is -0.120. The van der Waals surface area contributed by atoms with Gasteiger partial charge in [0, 0.05) is 36.1 Å². The highest BCUT2D eigenvalue weighted by Crippen LogP contribution is 2.36. The number of aryl methyl sites for hydroxylation is 1. The lowest BCUT2D eigenvalue weighted by Crippen LogP contribution is -2.39. The second-order valence-electron chi connectivity index (χ2n) is 9.30. The van der Waals surface area contributed by atoms with Gasteiger partial charge in [0.05, 0.1) is 18.0 Å². The van der Waals surface area contributed by atoms with Gasteiger partial charge in [-0.15, -0.1) is 0 Å². The monoisotopic (exact) mass is 469 g/mol. The number of aromatic amines is 1. The summed E-state index contributed by atoms with van der Waals surface area (Å²) in [5.41, 5.74) is 3.81. The number of hydrogen-bond donors (Lipinski definition) is 4. The van der Waals surface area contributed by atoms with E-state index in [4.69, 9.17) is 0 Å². The Morgan fingerprint density at radius 3 is 2.76 bits per heavy atom. The number of benzene rings is 1. The van der Waals surface area contributed by atoms with Gasteiger partial charge in [0.1, 0.15) is 5.82 Å². The quantitative estimate of drug-likeness (QED) is 0.476. The van der Waals surface area contributed by atoms with E-state index in [0.717, 1.165) is 30.6 Å². The predicted molar refractivity (Wildman–Crippen MR) is 127 cm³/mol. The Morgan fingerprint density at radius 1 is 1.24 bits per heavy atom. The Labute approximate surface area is 198 Å². The largest absolute Gasteiger partial charge is 0.362 e. The Kier molecular flexibility index (Phi) is 7.02. The molecule has 0 saturated carbocycles. The number of nitrogens with zero attached hydrogens (tertiary/aromatic N) is 1. The number of aromatic nitrogens is 1. The van der Waals surface area contributed by atoms with Crippen LogP contribution < -0.4 is 16.0 Å². The molecule has 2 aromatic rings. The Bertz CT molecular complexity index is 1110. The maximum atomic E-state index is 13.7. The number of amides is 3. The fourth-order valence-corrected chi connectivity index (χ4v) is 5.10. The molecule has 1 aromatic heterocycles. The molecule has 2 aliphatic rings. The van der Waals surface area contributed by atoms with Crippen LogP contribution in [0.5, 0.6) is 0 Å². The highest BCUT2D eigenvalue weighted by Gasteiger charge is 2.32. The molecule has 0 radical (unpaired) electrons. The van der Waals surface area contributed by atoms with E-state index in [1.54, 1.807) is 13.0 Å². The van der Waals surface area contributed by atoms with Crippen molar-refractivity contribution in [2.75, 3.05) is 32.0 Å². The minimum atomic E-state index is -0.539. The molecule has 0 bridgehead atoms. The van der Waals surface area contributed by atoms with Gasteiger partial charge in [0.2, 0.25) is 11.8 Å². The first kappa shape index (κ1) is 23.9. The average Bonchev–Trinajstić information content (AvgIpc) is 3.42. The van der Waals surface area contributed by atoms with Gasteiger partial charge in [-0.1, -0.05) is 0 Å². The summed E-state index contributed by atoms with van der Waals surface area (Å²) in [5.74, 6) is -1.69. The summed E-state index contributed by atoms with van der Waals surface area (Å²) in [7, 11) is 2.10. The number of nitrogens with one attached hydrogen (secondary N) is 4. The van der Waals surface area contributed by atoms with Crippen LogP contribution in [0.3, 0.4) is 0 Å². The zero-order valence-corrected chi connectivity index (χ0v) is 19.9. The van der Waals surface area contributed by atoms with Gasteiger partial charge >= 0.3 is 0 Å². The summed E-state index contributed by atoms with van der Waals surface area (Å²) in [6.45, 7) is 5.18. The topological polar surface area (TPSA) is 106 Å². The fourth-order valence-electron chi connectivity index (χ4n) is 5.10. The maximum absolute atomic E-state index is 13.7. The van der Waals surface area contributed by atoms with Gasteiger partial charge in [0.25, 0.3) is 5.91 Å². The molecular weight excluding hydrogens is 437 g/mol. The smallest absolute Gasteiger partial charge is 0.253 e. The summed E-state index contributed by atoms with van der Waals surface area (Å²) in [6.07, 6.45) is 3.56. The highest BCUT2D eigenvalue weighted by atomic mass is 19.1. The van der Waals surface area contributed by atoms with E-state index < -0.39 is 11.7 Å². The van der Waals surface area contributed by atoms with Crippen LogP contribution in [0.1, 0.15) is 58.1 Å². The number of rotatable bonds is 8.